The van der Waals surface area contributed by atoms with Crippen LogP contribution in [0.3, 0.4) is 0 Å². The van der Waals surface area contributed by atoms with E-state index in [1.807, 2.05) is 0 Å². The summed E-state index contributed by atoms with van der Waals surface area (Å²) in [5.41, 5.74) is 1.62. The van der Waals surface area contributed by atoms with Gasteiger partial charge in [-0.05, 0) is 74.5 Å². The molecule has 0 bridgehead atoms. The molecule has 0 nitrogen and oxygen atoms in total. The fourth-order valence-corrected chi connectivity index (χ4v) is 5.45. The molecule has 0 radical (unpaired) electrons. The molecule has 0 heteroatoms. The van der Waals surface area contributed by atoms with Crippen LogP contribution in [0.4, 0.5) is 0 Å². The van der Waals surface area contributed by atoms with Crippen molar-refractivity contribution in [2.24, 2.45) is 29.6 Å². The molecule has 0 aromatic carbocycles. The molecule has 4 atom stereocenters. The van der Waals surface area contributed by atoms with E-state index in [4.69, 9.17) is 0 Å². The Morgan fingerprint density at radius 2 is 1.64 bits per heavy atom. The molecule has 0 saturated heterocycles. The van der Waals surface area contributed by atoms with E-state index in [0.717, 1.165) is 29.6 Å². The standard InChI is InChI=1S/C28H50/c1-23(2)11-9-12-25(4)28-21-18-24(3)17-19-27(20-22-28)16-10-15-26-13-7-5-6-8-14-26/h7,13-14,23-25,27-28H,5-6,8-12,15-22H2,1-4H3. The number of hydrogen-bond acceptors (Lipinski definition) is 0. The highest BCUT2D eigenvalue weighted by Gasteiger charge is 2.22. The van der Waals surface area contributed by atoms with Crippen molar-refractivity contribution in [2.75, 3.05) is 0 Å². The molecule has 28 heavy (non-hydrogen) atoms. The molecule has 2 aliphatic rings. The van der Waals surface area contributed by atoms with Crippen LogP contribution in [-0.4, -0.2) is 0 Å². The fourth-order valence-electron chi connectivity index (χ4n) is 5.45. The average Bonchev–Trinajstić information content (AvgIpc) is 2.88. The third-order valence-corrected chi connectivity index (χ3v) is 7.68. The number of rotatable bonds is 9. The van der Waals surface area contributed by atoms with Gasteiger partial charge < -0.3 is 0 Å². The lowest BCUT2D eigenvalue weighted by atomic mass is 9.80. The molecule has 0 amide bonds. The highest BCUT2D eigenvalue weighted by atomic mass is 14.3. The van der Waals surface area contributed by atoms with E-state index in [9.17, 15) is 0 Å². The van der Waals surface area contributed by atoms with Gasteiger partial charge in [0.05, 0.1) is 0 Å². The van der Waals surface area contributed by atoms with Gasteiger partial charge in [0.15, 0.2) is 0 Å². The maximum absolute atomic E-state index is 2.56. The van der Waals surface area contributed by atoms with Crippen molar-refractivity contribution < 1.29 is 0 Å². The molecular formula is C28H50. The van der Waals surface area contributed by atoms with E-state index in [1.165, 1.54) is 96.3 Å². The Morgan fingerprint density at radius 3 is 2.46 bits per heavy atom. The molecule has 0 spiro atoms. The lowest BCUT2D eigenvalue weighted by Crippen LogP contribution is -2.14. The Hall–Kier alpha value is -0.520. The second kappa shape index (κ2) is 13.7. The highest BCUT2D eigenvalue weighted by molar-refractivity contribution is 5.20. The topological polar surface area (TPSA) is 0 Å². The van der Waals surface area contributed by atoms with Gasteiger partial charge >= 0.3 is 0 Å². The summed E-state index contributed by atoms with van der Waals surface area (Å²) in [6, 6.07) is 0. The van der Waals surface area contributed by atoms with Crippen molar-refractivity contribution >= 4 is 0 Å². The lowest BCUT2D eigenvalue weighted by molar-refractivity contribution is 0.259. The zero-order valence-electron chi connectivity index (χ0n) is 19.7. The summed E-state index contributed by atoms with van der Waals surface area (Å²) in [4.78, 5) is 0. The molecule has 0 aromatic rings. The van der Waals surface area contributed by atoms with Crippen LogP contribution in [0.15, 0.2) is 23.8 Å². The maximum atomic E-state index is 2.56. The van der Waals surface area contributed by atoms with Gasteiger partial charge in [0.2, 0.25) is 0 Å². The SMILES string of the molecule is CC(C)CCCC(C)C1CCC(C)CCC(CCCC2=CCCCC=C2)CC1. The first kappa shape index (κ1) is 23.8. The van der Waals surface area contributed by atoms with Crippen LogP contribution in [0.5, 0.6) is 0 Å². The van der Waals surface area contributed by atoms with Crippen molar-refractivity contribution in [3.05, 3.63) is 23.8 Å². The minimum absolute atomic E-state index is 0.871. The van der Waals surface area contributed by atoms with Gasteiger partial charge in [0.1, 0.15) is 0 Å². The fraction of sp³-hybridized carbons (Fsp3) is 0.857. The lowest BCUT2D eigenvalue weighted by Gasteiger charge is -2.26. The van der Waals surface area contributed by atoms with Crippen LogP contribution < -0.4 is 0 Å². The summed E-state index contributed by atoms with van der Waals surface area (Å²) in [6.07, 6.45) is 28.7. The molecule has 2 aliphatic carbocycles. The van der Waals surface area contributed by atoms with Gasteiger partial charge in [-0.1, -0.05) is 103 Å². The molecule has 0 heterocycles. The zero-order valence-corrected chi connectivity index (χ0v) is 19.7. The average molecular weight is 387 g/mol. The van der Waals surface area contributed by atoms with E-state index in [2.05, 4.69) is 45.9 Å². The van der Waals surface area contributed by atoms with Crippen molar-refractivity contribution in [3.63, 3.8) is 0 Å². The Bertz CT molecular complexity index is 455. The van der Waals surface area contributed by atoms with Crippen molar-refractivity contribution in [1.82, 2.24) is 0 Å². The highest BCUT2D eigenvalue weighted by Crippen LogP contribution is 2.36. The largest absolute Gasteiger partial charge is 0.0843 e. The molecule has 0 N–H and O–H groups in total. The first-order chi connectivity index (χ1) is 13.5. The Kier molecular flexibility index (Phi) is 11.6. The van der Waals surface area contributed by atoms with Gasteiger partial charge in [0, 0.05) is 0 Å². The van der Waals surface area contributed by atoms with E-state index in [0.29, 0.717) is 0 Å². The molecule has 162 valence electrons. The quantitative estimate of drug-likeness (QED) is 0.370. The van der Waals surface area contributed by atoms with E-state index < -0.39 is 0 Å². The molecule has 1 saturated carbocycles. The number of hydrogen-bond donors (Lipinski definition) is 0. The summed E-state index contributed by atoms with van der Waals surface area (Å²) in [5, 5.41) is 0. The molecular weight excluding hydrogens is 336 g/mol. The van der Waals surface area contributed by atoms with Crippen LogP contribution in [0.2, 0.25) is 0 Å². The van der Waals surface area contributed by atoms with Gasteiger partial charge in [-0.2, -0.15) is 0 Å². The Balaban J connectivity index is 1.78. The summed E-state index contributed by atoms with van der Waals surface area (Å²) in [7, 11) is 0. The molecule has 0 aromatic heterocycles. The summed E-state index contributed by atoms with van der Waals surface area (Å²) in [6.45, 7) is 9.83. The normalized spacial score (nSPS) is 28.2. The van der Waals surface area contributed by atoms with Gasteiger partial charge in [0.25, 0.3) is 0 Å². The smallest absolute Gasteiger partial charge is 0.0282 e. The van der Waals surface area contributed by atoms with Gasteiger partial charge in [-0.15, -0.1) is 0 Å². The van der Waals surface area contributed by atoms with Crippen molar-refractivity contribution in [2.45, 2.75) is 124 Å². The van der Waals surface area contributed by atoms with E-state index >= 15 is 0 Å². The predicted octanol–water partition coefficient (Wildman–Crippen LogP) is 9.51. The molecule has 1 fully saturated rings. The summed E-state index contributed by atoms with van der Waals surface area (Å²) < 4.78 is 0. The Labute approximate surface area is 177 Å². The van der Waals surface area contributed by atoms with Crippen LogP contribution in [-0.2, 0) is 0 Å². The van der Waals surface area contributed by atoms with Crippen molar-refractivity contribution in [3.8, 4) is 0 Å². The van der Waals surface area contributed by atoms with E-state index in [-0.39, 0.29) is 0 Å². The molecule has 0 aliphatic heterocycles. The third-order valence-electron chi connectivity index (χ3n) is 7.68. The van der Waals surface area contributed by atoms with Gasteiger partial charge in [-0.25, -0.2) is 0 Å². The maximum Gasteiger partial charge on any atom is -0.0282 e. The first-order valence-electron chi connectivity index (χ1n) is 12.9. The first-order valence-corrected chi connectivity index (χ1v) is 12.9. The third kappa shape index (κ3) is 9.80. The van der Waals surface area contributed by atoms with Crippen LogP contribution in [0, 0.1) is 29.6 Å². The molecule has 4 unspecified atom stereocenters. The predicted molar refractivity (Wildman–Crippen MR) is 127 cm³/mol. The van der Waals surface area contributed by atoms with Crippen LogP contribution in [0.1, 0.15) is 124 Å². The minimum atomic E-state index is 0.871. The summed E-state index contributed by atoms with van der Waals surface area (Å²) >= 11 is 0. The van der Waals surface area contributed by atoms with Crippen LogP contribution >= 0.6 is 0 Å². The monoisotopic (exact) mass is 386 g/mol. The number of allylic oxidation sites excluding steroid dienone is 4. The van der Waals surface area contributed by atoms with Gasteiger partial charge in [-0.3, -0.25) is 0 Å². The minimum Gasteiger partial charge on any atom is -0.0843 e. The Morgan fingerprint density at radius 1 is 0.893 bits per heavy atom. The summed E-state index contributed by atoms with van der Waals surface area (Å²) in [5.74, 6) is 4.73. The molecule has 2 rings (SSSR count). The second-order valence-corrected chi connectivity index (χ2v) is 10.8. The van der Waals surface area contributed by atoms with Crippen molar-refractivity contribution in [1.29, 1.82) is 0 Å². The second-order valence-electron chi connectivity index (χ2n) is 10.8. The zero-order chi connectivity index (χ0) is 20.2. The van der Waals surface area contributed by atoms with E-state index in [1.54, 1.807) is 5.57 Å². The van der Waals surface area contributed by atoms with Crippen LogP contribution in [0.25, 0.3) is 0 Å².